The molecule has 1 saturated carbocycles. The number of methoxy groups -OCH3 is 1. The highest BCUT2D eigenvalue weighted by Gasteiger charge is 2.68. The number of hydrogen-bond donors (Lipinski definition) is 0. The van der Waals surface area contributed by atoms with E-state index in [0.29, 0.717) is 36.8 Å². The van der Waals surface area contributed by atoms with Gasteiger partial charge in [0.05, 0.1) is 6.10 Å². The maximum absolute atomic E-state index is 13.3. The van der Waals surface area contributed by atoms with E-state index in [4.69, 9.17) is 9.47 Å². The van der Waals surface area contributed by atoms with Gasteiger partial charge in [0.25, 0.3) is 5.54 Å². The minimum atomic E-state index is -2.09. The van der Waals surface area contributed by atoms with Crippen molar-refractivity contribution < 1.29 is 19.1 Å². The highest BCUT2D eigenvalue weighted by atomic mass is 16.6. The maximum Gasteiger partial charge on any atom is 0.351 e. The van der Waals surface area contributed by atoms with E-state index < -0.39 is 22.9 Å². The van der Waals surface area contributed by atoms with E-state index in [1.807, 2.05) is 19.9 Å². The molecular weight excluding hydrogens is 322 g/mol. The Labute approximate surface area is 146 Å². The van der Waals surface area contributed by atoms with Crippen LogP contribution in [0.2, 0.25) is 0 Å². The SMILES string of the molecule is COC1CCC2(CC1)OC(=O)C(N=O)(c1cc(C)c(C)cc1C)C2=O. The first-order chi connectivity index (χ1) is 11.8. The lowest BCUT2D eigenvalue weighted by molar-refractivity contribution is -0.158. The van der Waals surface area contributed by atoms with Crippen molar-refractivity contribution in [2.75, 3.05) is 7.11 Å². The van der Waals surface area contributed by atoms with Crippen LogP contribution >= 0.6 is 0 Å². The van der Waals surface area contributed by atoms with Crippen molar-refractivity contribution in [1.82, 2.24) is 0 Å². The van der Waals surface area contributed by atoms with Gasteiger partial charge in [0.15, 0.2) is 5.60 Å². The van der Waals surface area contributed by atoms with Crippen LogP contribution in [0.4, 0.5) is 0 Å². The second kappa shape index (κ2) is 6.02. The summed E-state index contributed by atoms with van der Waals surface area (Å²) in [6.07, 6.45) is 1.97. The first-order valence-electron chi connectivity index (χ1n) is 8.54. The predicted octanol–water partition coefficient (Wildman–Crippen LogP) is 3.03. The minimum Gasteiger partial charge on any atom is -0.448 e. The number of ether oxygens (including phenoxy) is 2. The molecule has 1 spiro atoms. The van der Waals surface area contributed by atoms with E-state index in [1.54, 1.807) is 20.1 Å². The number of nitroso groups, excluding NO2 is 1. The number of rotatable bonds is 3. The van der Waals surface area contributed by atoms with E-state index >= 15 is 0 Å². The fourth-order valence-electron chi connectivity index (χ4n) is 4.05. The van der Waals surface area contributed by atoms with Gasteiger partial charge in [-0.1, -0.05) is 12.1 Å². The molecule has 1 unspecified atom stereocenters. The zero-order valence-corrected chi connectivity index (χ0v) is 15.0. The van der Waals surface area contributed by atoms with Crippen LogP contribution < -0.4 is 0 Å². The summed E-state index contributed by atoms with van der Waals surface area (Å²) in [7, 11) is 1.63. The van der Waals surface area contributed by atoms with Crippen LogP contribution in [0.3, 0.4) is 0 Å². The molecule has 0 aromatic heterocycles. The molecule has 6 nitrogen and oxygen atoms in total. The smallest absolute Gasteiger partial charge is 0.351 e. The molecule has 1 aromatic carbocycles. The molecule has 0 amide bonds. The molecule has 1 heterocycles. The zero-order chi connectivity index (χ0) is 18.4. The van der Waals surface area contributed by atoms with Gasteiger partial charge in [-0.3, -0.25) is 4.79 Å². The first kappa shape index (κ1) is 17.7. The summed E-state index contributed by atoms with van der Waals surface area (Å²) in [6.45, 7) is 5.60. The number of ketones is 1. The van der Waals surface area contributed by atoms with Crippen molar-refractivity contribution >= 4 is 11.8 Å². The minimum absolute atomic E-state index is 0.0414. The number of carbonyl (C=O) groups is 2. The third kappa shape index (κ3) is 2.42. The Bertz CT molecular complexity index is 748. The molecular formula is C19H23NO5. The van der Waals surface area contributed by atoms with E-state index in [0.717, 1.165) is 11.1 Å². The van der Waals surface area contributed by atoms with Gasteiger partial charge >= 0.3 is 5.97 Å². The predicted molar refractivity (Wildman–Crippen MR) is 91.2 cm³/mol. The summed E-state index contributed by atoms with van der Waals surface area (Å²) in [5.74, 6) is -1.38. The number of aryl methyl sites for hydroxylation is 3. The third-order valence-electron chi connectivity index (χ3n) is 5.77. The van der Waals surface area contributed by atoms with Gasteiger partial charge in [-0.25, -0.2) is 4.79 Å². The monoisotopic (exact) mass is 345 g/mol. The first-order valence-corrected chi connectivity index (χ1v) is 8.54. The fourth-order valence-corrected chi connectivity index (χ4v) is 4.05. The number of hydrogen-bond acceptors (Lipinski definition) is 6. The van der Waals surface area contributed by atoms with Gasteiger partial charge in [-0.2, -0.15) is 0 Å². The molecule has 25 heavy (non-hydrogen) atoms. The van der Waals surface area contributed by atoms with E-state index in [1.165, 1.54) is 0 Å². The Hall–Kier alpha value is -2.08. The second-order valence-electron chi connectivity index (χ2n) is 7.20. The lowest BCUT2D eigenvalue weighted by Crippen LogP contribution is -2.47. The van der Waals surface area contributed by atoms with Gasteiger partial charge in [-0.05, 0) is 68.3 Å². The van der Waals surface area contributed by atoms with E-state index in [9.17, 15) is 14.5 Å². The van der Waals surface area contributed by atoms with Gasteiger partial charge in [0.2, 0.25) is 5.78 Å². The average Bonchev–Trinajstić information content (AvgIpc) is 2.80. The molecule has 1 aliphatic heterocycles. The van der Waals surface area contributed by atoms with Crippen LogP contribution in [-0.2, 0) is 24.6 Å². The van der Waals surface area contributed by atoms with Crippen LogP contribution in [-0.4, -0.2) is 30.6 Å². The number of nitrogens with zero attached hydrogens (tertiary/aromatic N) is 1. The largest absolute Gasteiger partial charge is 0.448 e. The Morgan fingerprint density at radius 1 is 1.08 bits per heavy atom. The topological polar surface area (TPSA) is 82.0 Å². The zero-order valence-electron chi connectivity index (χ0n) is 15.0. The lowest BCUT2D eigenvalue weighted by atomic mass is 9.73. The summed E-state index contributed by atoms with van der Waals surface area (Å²) >= 11 is 0. The number of Topliss-reactive ketones (excluding diaryl/α,β-unsaturated/α-hetero) is 1. The number of benzene rings is 1. The molecule has 6 heteroatoms. The molecule has 1 aliphatic carbocycles. The molecule has 1 saturated heterocycles. The van der Waals surface area contributed by atoms with Crippen LogP contribution in [0.15, 0.2) is 17.3 Å². The van der Waals surface area contributed by atoms with Gasteiger partial charge in [0.1, 0.15) is 0 Å². The standard InChI is InChI=1S/C19H23NO5/c1-11-9-13(3)15(10-12(11)2)19(20-23)16(21)18(25-17(19)22)7-5-14(24-4)6-8-18/h9-10,14H,5-8H2,1-4H3. The van der Waals surface area contributed by atoms with Crippen molar-refractivity contribution in [3.05, 3.63) is 39.3 Å². The molecule has 0 bridgehead atoms. The van der Waals surface area contributed by atoms with Gasteiger partial charge in [0, 0.05) is 12.7 Å². The van der Waals surface area contributed by atoms with Gasteiger partial charge < -0.3 is 9.47 Å². The molecule has 1 atom stereocenters. The molecule has 134 valence electrons. The maximum atomic E-state index is 13.3. The Morgan fingerprint density at radius 3 is 2.24 bits per heavy atom. The van der Waals surface area contributed by atoms with Crippen molar-refractivity contribution in [2.45, 2.75) is 63.7 Å². The Morgan fingerprint density at radius 2 is 1.68 bits per heavy atom. The van der Waals surface area contributed by atoms with Crippen LogP contribution in [0, 0.1) is 25.7 Å². The number of esters is 1. The van der Waals surface area contributed by atoms with Crippen LogP contribution in [0.5, 0.6) is 0 Å². The van der Waals surface area contributed by atoms with Gasteiger partial charge in [-0.15, -0.1) is 4.91 Å². The summed E-state index contributed by atoms with van der Waals surface area (Å²) in [5, 5.41) is 3.07. The molecule has 3 rings (SSSR count). The van der Waals surface area contributed by atoms with E-state index in [2.05, 4.69) is 5.18 Å². The van der Waals surface area contributed by atoms with Crippen molar-refractivity contribution in [2.24, 2.45) is 5.18 Å². The van der Waals surface area contributed by atoms with Crippen LogP contribution in [0.25, 0.3) is 0 Å². The average molecular weight is 345 g/mol. The van der Waals surface area contributed by atoms with Crippen molar-refractivity contribution in [3.63, 3.8) is 0 Å². The summed E-state index contributed by atoms with van der Waals surface area (Å²) < 4.78 is 10.9. The molecule has 0 N–H and O–H groups in total. The van der Waals surface area contributed by atoms with E-state index in [-0.39, 0.29) is 6.10 Å². The number of carbonyl (C=O) groups excluding carboxylic acids is 2. The highest BCUT2D eigenvalue weighted by Crippen LogP contribution is 2.48. The normalized spacial score (nSPS) is 32.1. The molecule has 1 aromatic rings. The Kier molecular flexibility index (Phi) is 4.27. The molecule has 2 aliphatic rings. The quantitative estimate of drug-likeness (QED) is 0.478. The van der Waals surface area contributed by atoms with Crippen molar-refractivity contribution in [1.29, 1.82) is 0 Å². The summed E-state index contributed by atoms with van der Waals surface area (Å²) in [4.78, 5) is 37.9. The fraction of sp³-hybridized carbons (Fsp3) is 0.579. The second-order valence-corrected chi connectivity index (χ2v) is 7.20. The summed E-state index contributed by atoms with van der Waals surface area (Å²) in [5.41, 5.74) is -0.403. The summed E-state index contributed by atoms with van der Waals surface area (Å²) in [6, 6.07) is 3.58. The molecule has 0 radical (unpaired) electrons. The highest BCUT2D eigenvalue weighted by molar-refractivity contribution is 6.18. The Balaban J connectivity index is 2.08. The van der Waals surface area contributed by atoms with Crippen LogP contribution in [0.1, 0.15) is 47.9 Å². The third-order valence-corrected chi connectivity index (χ3v) is 5.77. The lowest BCUT2D eigenvalue weighted by Gasteiger charge is -2.34. The molecule has 2 fully saturated rings. The van der Waals surface area contributed by atoms with Crippen molar-refractivity contribution in [3.8, 4) is 0 Å².